The van der Waals surface area contributed by atoms with Gasteiger partial charge in [0.15, 0.2) is 0 Å². The second-order valence-electron chi connectivity index (χ2n) is 7.96. The second kappa shape index (κ2) is 12.4. The fourth-order valence-corrected chi connectivity index (χ4v) is 4.52. The van der Waals surface area contributed by atoms with Crippen molar-refractivity contribution < 1.29 is 13.2 Å². The minimum Gasteiger partial charge on any atom is -0.493 e. The first-order chi connectivity index (χ1) is 14.8. The molecular formula is C24H35ClN2O3S. The van der Waals surface area contributed by atoms with E-state index in [1.165, 1.54) is 0 Å². The molecule has 172 valence electrons. The molecule has 0 unspecified atom stereocenters. The SMILES string of the molecule is CCCNS(=O)(=O)c1ccc(CCN(Cc2cc(Cl)ccc2OCCC)C(C)C)cc1. The fraction of sp³-hybridized carbons (Fsp3) is 0.500. The number of ether oxygens (including phenoxy) is 1. The molecule has 31 heavy (non-hydrogen) atoms. The molecule has 2 aromatic rings. The monoisotopic (exact) mass is 466 g/mol. The summed E-state index contributed by atoms with van der Waals surface area (Å²) >= 11 is 6.24. The Hall–Kier alpha value is -1.60. The zero-order valence-electron chi connectivity index (χ0n) is 19.0. The summed E-state index contributed by atoms with van der Waals surface area (Å²) in [7, 11) is -3.43. The van der Waals surface area contributed by atoms with Gasteiger partial charge in [-0.3, -0.25) is 4.90 Å². The molecule has 7 heteroatoms. The van der Waals surface area contributed by atoms with Crippen LogP contribution in [-0.4, -0.2) is 39.1 Å². The van der Waals surface area contributed by atoms with E-state index < -0.39 is 10.0 Å². The highest BCUT2D eigenvalue weighted by molar-refractivity contribution is 7.89. The first-order valence-electron chi connectivity index (χ1n) is 11.0. The molecule has 0 spiro atoms. The summed E-state index contributed by atoms with van der Waals surface area (Å²) in [5.74, 6) is 0.881. The quantitative estimate of drug-likeness (QED) is 0.436. The van der Waals surface area contributed by atoms with Crippen molar-refractivity contribution in [3.8, 4) is 5.75 Å². The van der Waals surface area contributed by atoms with Crippen molar-refractivity contribution in [1.29, 1.82) is 0 Å². The summed E-state index contributed by atoms with van der Waals surface area (Å²) in [5, 5.41) is 0.705. The molecule has 0 aliphatic carbocycles. The zero-order chi connectivity index (χ0) is 22.9. The highest BCUT2D eigenvalue weighted by Crippen LogP contribution is 2.25. The van der Waals surface area contributed by atoms with E-state index in [1.807, 2.05) is 37.3 Å². The minimum atomic E-state index is -3.43. The van der Waals surface area contributed by atoms with E-state index in [9.17, 15) is 8.42 Å². The van der Waals surface area contributed by atoms with Crippen LogP contribution in [0.5, 0.6) is 5.75 Å². The highest BCUT2D eigenvalue weighted by atomic mass is 35.5. The molecule has 0 atom stereocenters. The van der Waals surface area contributed by atoms with Crippen molar-refractivity contribution in [3.05, 3.63) is 58.6 Å². The lowest BCUT2D eigenvalue weighted by atomic mass is 10.1. The molecule has 0 fully saturated rings. The standard InChI is InChI=1S/C24H35ClN2O3S/c1-5-14-26-31(28,29)23-10-7-20(8-11-23)13-15-27(19(3)4)18-21-17-22(25)9-12-24(21)30-16-6-2/h7-12,17,19,26H,5-6,13-16,18H2,1-4H3. The molecule has 0 radical (unpaired) electrons. The van der Waals surface area contributed by atoms with Crippen molar-refractivity contribution in [1.82, 2.24) is 9.62 Å². The Balaban J connectivity index is 2.06. The molecule has 0 bridgehead atoms. The third-order valence-corrected chi connectivity index (χ3v) is 6.76. The predicted molar refractivity (Wildman–Crippen MR) is 128 cm³/mol. The van der Waals surface area contributed by atoms with Crippen molar-refractivity contribution in [2.24, 2.45) is 0 Å². The van der Waals surface area contributed by atoms with Gasteiger partial charge in [0, 0.05) is 36.3 Å². The second-order valence-corrected chi connectivity index (χ2v) is 10.2. The Morgan fingerprint density at radius 2 is 1.77 bits per heavy atom. The van der Waals surface area contributed by atoms with E-state index in [4.69, 9.17) is 16.3 Å². The van der Waals surface area contributed by atoms with Crippen LogP contribution in [0.15, 0.2) is 47.4 Å². The molecule has 2 aromatic carbocycles. The Morgan fingerprint density at radius 3 is 2.39 bits per heavy atom. The van der Waals surface area contributed by atoms with Gasteiger partial charge in [0.1, 0.15) is 5.75 Å². The number of nitrogens with zero attached hydrogens (tertiary/aromatic N) is 1. The smallest absolute Gasteiger partial charge is 0.240 e. The maximum absolute atomic E-state index is 12.3. The van der Waals surface area contributed by atoms with Gasteiger partial charge in [0.2, 0.25) is 10.0 Å². The molecule has 0 aromatic heterocycles. The van der Waals surface area contributed by atoms with Crippen LogP contribution >= 0.6 is 11.6 Å². The van der Waals surface area contributed by atoms with E-state index in [0.29, 0.717) is 29.1 Å². The van der Waals surface area contributed by atoms with E-state index in [-0.39, 0.29) is 0 Å². The molecule has 0 heterocycles. The number of rotatable bonds is 13. The summed E-state index contributed by atoms with van der Waals surface area (Å²) in [5.41, 5.74) is 2.19. The third kappa shape index (κ3) is 8.11. The van der Waals surface area contributed by atoms with Crippen molar-refractivity contribution in [2.75, 3.05) is 19.7 Å². The Bertz CT molecular complexity index is 915. The summed E-state index contributed by atoms with van der Waals surface area (Å²) in [6, 6.07) is 13.3. The predicted octanol–water partition coefficient (Wildman–Crippen LogP) is 5.27. The summed E-state index contributed by atoms with van der Waals surface area (Å²) in [6.07, 6.45) is 2.54. The maximum atomic E-state index is 12.3. The lowest BCUT2D eigenvalue weighted by Crippen LogP contribution is -2.32. The van der Waals surface area contributed by atoms with Gasteiger partial charge in [-0.2, -0.15) is 0 Å². The van der Waals surface area contributed by atoms with E-state index in [2.05, 4.69) is 30.4 Å². The van der Waals surface area contributed by atoms with E-state index in [1.54, 1.807) is 12.1 Å². The van der Waals surface area contributed by atoms with E-state index in [0.717, 1.165) is 49.2 Å². The molecular weight excluding hydrogens is 432 g/mol. The number of hydrogen-bond acceptors (Lipinski definition) is 4. The first kappa shape index (κ1) is 25.7. The minimum absolute atomic E-state index is 0.307. The molecule has 0 saturated heterocycles. The largest absolute Gasteiger partial charge is 0.493 e. The summed E-state index contributed by atoms with van der Waals surface area (Å²) in [4.78, 5) is 2.68. The van der Waals surface area contributed by atoms with Gasteiger partial charge < -0.3 is 4.74 Å². The topological polar surface area (TPSA) is 58.6 Å². The van der Waals surface area contributed by atoms with Gasteiger partial charge in [0.05, 0.1) is 11.5 Å². The normalized spacial score (nSPS) is 12.0. The van der Waals surface area contributed by atoms with Gasteiger partial charge in [-0.25, -0.2) is 13.1 Å². The van der Waals surface area contributed by atoms with Crippen LogP contribution < -0.4 is 9.46 Å². The van der Waals surface area contributed by atoms with Crippen LogP contribution in [0.25, 0.3) is 0 Å². The highest BCUT2D eigenvalue weighted by Gasteiger charge is 2.15. The number of sulfonamides is 1. The van der Waals surface area contributed by atoms with Crippen LogP contribution in [0.2, 0.25) is 5.02 Å². The van der Waals surface area contributed by atoms with Crippen LogP contribution in [0.1, 0.15) is 51.7 Å². The molecule has 2 rings (SSSR count). The van der Waals surface area contributed by atoms with Crippen LogP contribution in [0.3, 0.4) is 0 Å². The molecule has 0 saturated carbocycles. The first-order valence-corrected chi connectivity index (χ1v) is 12.9. The molecule has 5 nitrogen and oxygen atoms in total. The van der Waals surface area contributed by atoms with E-state index >= 15 is 0 Å². The summed E-state index contributed by atoms with van der Waals surface area (Å²) < 4.78 is 33.0. The van der Waals surface area contributed by atoms with Gasteiger partial charge in [0.25, 0.3) is 0 Å². The van der Waals surface area contributed by atoms with Crippen molar-refractivity contribution in [3.63, 3.8) is 0 Å². The number of hydrogen-bond donors (Lipinski definition) is 1. The molecule has 1 N–H and O–H groups in total. The average Bonchev–Trinajstić information content (AvgIpc) is 2.74. The Kier molecular flexibility index (Phi) is 10.3. The van der Waals surface area contributed by atoms with Gasteiger partial charge in [-0.1, -0.05) is 37.6 Å². The molecule has 0 amide bonds. The molecule has 0 aliphatic heterocycles. The van der Waals surface area contributed by atoms with Gasteiger partial charge in [-0.15, -0.1) is 0 Å². The van der Waals surface area contributed by atoms with Crippen molar-refractivity contribution in [2.45, 2.75) is 64.4 Å². The maximum Gasteiger partial charge on any atom is 0.240 e. The van der Waals surface area contributed by atoms with Gasteiger partial charge >= 0.3 is 0 Å². The average molecular weight is 467 g/mol. The van der Waals surface area contributed by atoms with Crippen LogP contribution in [-0.2, 0) is 23.0 Å². The number of halogens is 1. The fourth-order valence-electron chi connectivity index (χ4n) is 3.19. The van der Waals surface area contributed by atoms with Gasteiger partial charge in [-0.05, 0) is 69.0 Å². The van der Waals surface area contributed by atoms with Crippen LogP contribution in [0.4, 0.5) is 0 Å². The Labute approximate surface area is 192 Å². The Morgan fingerprint density at radius 1 is 1.06 bits per heavy atom. The number of benzene rings is 2. The molecule has 0 aliphatic rings. The summed E-state index contributed by atoms with van der Waals surface area (Å²) in [6.45, 7) is 11.1. The van der Waals surface area contributed by atoms with Crippen LogP contribution in [0, 0.1) is 0 Å². The number of nitrogens with one attached hydrogen (secondary N) is 1. The zero-order valence-corrected chi connectivity index (χ0v) is 20.6. The van der Waals surface area contributed by atoms with Crippen molar-refractivity contribution >= 4 is 21.6 Å². The lowest BCUT2D eigenvalue weighted by Gasteiger charge is -2.27. The lowest BCUT2D eigenvalue weighted by molar-refractivity contribution is 0.210. The third-order valence-electron chi connectivity index (χ3n) is 5.05.